The first-order valence-corrected chi connectivity index (χ1v) is 10.8. The maximum absolute atomic E-state index is 9.69. The lowest BCUT2D eigenvalue weighted by atomic mass is 9.84. The summed E-state index contributed by atoms with van der Waals surface area (Å²) in [6, 6.07) is 13.5. The summed E-state index contributed by atoms with van der Waals surface area (Å²) in [5, 5.41) is 25.8. The molecule has 0 amide bonds. The average Bonchev–Trinajstić information content (AvgIpc) is 3.18. The summed E-state index contributed by atoms with van der Waals surface area (Å²) < 4.78 is 1.81. The molecule has 4 rings (SSSR count). The molecule has 0 radical (unpaired) electrons. The minimum absolute atomic E-state index is 0.145. The summed E-state index contributed by atoms with van der Waals surface area (Å²) >= 11 is 1.54. The molecule has 0 unspecified atom stereocenters. The highest BCUT2D eigenvalue weighted by Crippen LogP contribution is 2.33. The lowest BCUT2D eigenvalue weighted by Crippen LogP contribution is -2.11. The Morgan fingerprint density at radius 1 is 1.00 bits per heavy atom. The number of hydrogen-bond acceptors (Lipinski definition) is 5. The van der Waals surface area contributed by atoms with Crippen LogP contribution in [0.25, 0.3) is 11.3 Å². The largest absolute Gasteiger partial charge is 0.504 e. The molecule has 6 heteroatoms. The fourth-order valence-corrected chi connectivity index (χ4v) is 4.67. The van der Waals surface area contributed by atoms with E-state index in [4.69, 9.17) is 0 Å². The zero-order valence-corrected chi connectivity index (χ0v) is 17.3. The molecule has 0 atom stereocenters. The SMILES string of the molecule is CN=c1scc(-c2ccc(C3CCCCC3)cc2)n1N=Cc1ccc(O)c(O)c1. The lowest BCUT2D eigenvalue weighted by Gasteiger charge is -2.22. The summed E-state index contributed by atoms with van der Waals surface area (Å²) in [6.45, 7) is 0. The molecule has 1 saturated carbocycles. The number of nitrogens with zero attached hydrogens (tertiary/aromatic N) is 3. The van der Waals surface area contributed by atoms with Crippen LogP contribution in [0.15, 0.2) is 57.9 Å². The van der Waals surface area contributed by atoms with Crippen molar-refractivity contribution in [3.05, 3.63) is 63.8 Å². The molecule has 3 aromatic rings. The molecular weight excluding hydrogens is 382 g/mol. The fourth-order valence-electron chi connectivity index (χ4n) is 3.87. The van der Waals surface area contributed by atoms with Crippen molar-refractivity contribution in [2.24, 2.45) is 10.1 Å². The van der Waals surface area contributed by atoms with Crippen molar-refractivity contribution in [1.29, 1.82) is 0 Å². The van der Waals surface area contributed by atoms with Gasteiger partial charge in [0.05, 0.1) is 11.9 Å². The third-order valence-electron chi connectivity index (χ3n) is 5.48. The van der Waals surface area contributed by atoms with Gasteiger partial charge in [0, 0.05) is 18.0 Å². The first-order chi connectivity index (χ1) is 14.2. The van der Waals surface area contributed by atoms with Crippen LogP contribution in [0.1, 0.15) is 49.1 Å². The Labute approximate surface area is 174 Å². The third-order valence-corrected chi connectivity index (χ3v) is 6.39. The van der Waals surface area contributed by atoms with Gasteiger partial charge in [0.25, 0.3) is 0 Å². The van der Waals surface area contributed by atoms with Gasteiger partial charge in [0.15, 0.2) is 11.5 Å². The van der Waals surface area contributed by atoms with Crippen molar-refractivity contribution < 1.29 is 10.2 Å². The molecule has 1 aliphatic carbocycles. The molecule has 29 heavy (non-hydrogen) atoms. The zero-order valence-electron chi connectivity index (χ0n) is 16.5. The van der Waals surface area contributed by atoms with Crippen LogP contribution >= 0.6 is 11.3 Å². The van der Waals surface area contributed by atoms with Gasteiger partial charge in [-0.1, -0.05) is 43.5 Å². The highest BCUT2D eigenvalue weighted by Gasteiger charge is 2.16. The molecule has 0 spiro atoms. The number of aromatic nitrogens is 1. The first kappa shape index (κ1) is 19.5. The summed E-state index contributed by atoms with van der Waals surface area (Å²) in [4.78, 5) is 5.12. The van der Waals surface area contributed by atoms with Crippen molar-refractivity contribution in [3.8, 4) is 22.8 Å². The topological polar surface area (TPSA) is 70.1 Å². The molecule has 2 aromatic carbocycles. The van der Waals surface area contributed by atoms with Gasteiger partial charge in [-0.2, -0.15) is 5.10 Å². The fraction of sp³-hybridized carbons (Fsp3) is 0.304. The Morgan fingerprint density at radius 2 is 1.76 bits per heavy atom. The van der Waals surface area contributed by atoms with Crippen molar-refractivity contribution in [2.75, 3.05) is 7.05 Å². The lowest BCUT2D eigenvalue weighted by molar-refractivity contribution is 0.403. The molecule has 0 saturated heterocycles. The van der Waals surface area contributed by atoms with Crippen molar-refractivity contribution >= 4 is 17.6 Å². The van der Waals surface area contributed by atoms with E-state index < -0.39 is 0 Å². The molecule has 1 heterocycles. The van der Waals surface area contributed by atoms with Crippen LogP contribution in [0.4, 0.5) is 0 Å². The van der Waals surface area contributed by atoms with E-state index in [9.17, 15) is 10.2 Å². The average molecular weight is 408 g/mol. The van der Waals surface area contributed by atoms with Crippen LogP contribution in [0.5, 0.6) is 11.5 Å². The molecule has 1 aromatic heterocycles. The number of aromatic hydroxyl groups is 2. The normalized spacial score (nSPS) is 16.0. The van der Waals surface area contributed by atoms with E-state index in [-0.39, 0.29) is 11.5 Å². The summed E-state index contributed by atoms with van der Waals surface area (Å²) in [5.41, 5.74) is 4.20. The van der Waals surface area contributed by atoms with Gasteiger partial charge in [-0.15, -0.1) is 11.3 Å². The van der Waals surface area contributed by atoms with E-state index in [2.05, 4.69) is 39.7 Å². The van der Waals surface area contributed by atoms with Crippen molar-refractivity contribution in [3.63, 3.8) is 0 Å². The second-order valence-electron chi connectivity index (χ2n) is 7.39. The standard InChI is InChI=1S/C23H25N3O2S/c1-24-23-26(25-14-16-7-12-21(27)22(28)13-16)20(15-29-23)19-10-8-18(9-11-19)17-5-3-2-4-6-17/h7-15,17,27-28H,2-6H2,1H3. The van der Waals surface area contributed by atoms with Gasteiger partial charge >= 0.3 is 0 Å². The first-order valence-electron chi connectivity index (χ1n) is 9.96. The predicted molar refractivity (Wildman–Crippen MR) is 118 cm³/mol. The Bertz CT molecular complexity index is 1070. The van der Waals surface area contributed by atoms with Crippen LogP contribution in [-0.4, -0.2) is 28.2 Å². The highest BCUT2D eigenvalue weighted by atomic mass is 32.1. The quantitative estimate of drug-likeness (QED) is 0.467. The second-order valence-corrected chi connectivity index (χ2v) is 8.23. The van der Waals surface area contributed by atoms with Gasteiger partial charge in [0.1, 0.15) is 0 Å². The van der Waals surface area contributed by atoms with Crippen molar-refractivity contribution in [1.82, 2.24) is 4.68 Å². The van der Waals surface area contributed by atoms with E-state index >= 15 is 0 Å². The van der Waals surface area contributed by atoms with Crippen LogP contribution < -0.4 is 4.80 Å². The van der Waals surface area contributed by atoms with Gasteiger partial charge < -0.3 is 10.2 Å². The third kappa shape index (κ3) is 4.27. The summed E-state index contributed by atoms with van der Waals surface area (Å²) in [7, 11) is 1.75. The zero-order chi connectivity index (χ0) is 20.2. The number of benzene rings is 2. The van der Waals surface area contributed by atoms with E-state index in [1.807, 2.05) is 4.68 Å². The maximum atomic E-state index is 9.69. The van der Waals surface area contributed by atoms with E-state index in [0.29, 0.717) is 11.5 Å². The van der Waals surface area contributed by atoms with Gasteiger partial charge in [-0.05, 0) is 48.1 Å². The van der Waals surface area contributed by atoms with Gasteiger partial charge in [0.2, 0.25) is 4.80 Å². The van der Waals surface area contributed by atoms with Crippen molar-refractivity contribution in [2.45, 2.75) is 38.0 Å². The Morgan fingerprint density at radius 3 is 2.45 bits per heavy atom. The minimum atomic E-state index is -0.164. The Hall–Kier alpha value is -2.86. The molecule has 1 aliphatic rings. The maximum Gasteiger partial charge on any atom is 0.205 e. The number of rotatable bonds is 4. The second kappa shape index (κ2) is 8.66. The summed E-state index contributed by atoms with van der Waals surface area (Å²) in [6.07, 6.45) is 8.27. The van der Waals surface area contributed by atoms with Crippen LogP contribution in [0, 0.1) is 0 Å². The molecule has 0 aliphatic heterocycles. The monoisotopic (exact) mass is 407 g/mol. The number of phenolic OH excluding ortho intramolecular Hbond substituents is 2. The van der Waals surface area contributed by atoms with E-state index in [1.165, 1.54) is 61.1 Å². The Balaban J connectivity index is 1.64. The Kier molecular flexibility index (Phi) is 5.81. The van der Waals surface area contributed by atoms with Crippen LogP contribution in [-0.2, 0) is 0 Å². The molecule has 150 valence electrons. The highest BCUT2D eigenvalue weighted by molar-refractivity contribution is 7.07. The number of hydrogen-bond donors (Lipinski definition) is 2. The number of thiazole rings is 1. The van der Waals surface area contributed by atoms with E-state index in [1.54, 1.807) is 19.3 Å². The molecule has 0 bridgehead atoms. The predicted octanol–water partition coefficient (Wildman–Crippen LogP) is 5.09. The smallest absolute Gasteiger partial charge is 0.205 e. The summed E-state index contributed by atoms with van der Waals surface area (Å²) in [5.74, 6) is 0.380. The molecule has 2 N–H and O–H groups in total. The molecule has 5 nitrogen and oxygen atoms in total. The number of phenols is 2. The van der Waals surface area contributed by atoms with Gasteiger partial charge in [-0.3, -0.25) is 4.99 Å². The molecule has 1 fully saturated rings. The van der Waals surface area contributed by atoms with Crippen LogP contribution in [0.3, 0.4) is 0 Å². The molecular formula is C23H25N3O2S. The van der Waals surface area contributed by atoms with Gasteiger partial charge in [-0.25, -0.2) is 4.68 Å². The van der Waals surface area contributed by atoms with E-state index in [0.717, 1.165) is 16.1 Å². The van der Waals surface area contributed by atoms with Crippen LogP contribution in [0.2, 0.25) is 0 Å². The minimum Gasteiger partial charge on any atom is -0.504 e.